The zero-order chi connectivity index (χ0) is 19.3. The van der Waals surface area contributed by atoms with Gasteiger partial charge in [0.1, 0.15) is 13.2 Å². The quantitative estimate of drug-likeness (QED) is 0.667. The van der Waals surface area contributed by atoms with Gasteiger partial charge in [0.2, 0.25) is 10.0 Å². The monoisotopic (exact) mass is 401 g/mol. The van der Waals surface area contributed by atoms with E-state index in [1.54, 1.807) is 6.07 Å². The Kier molecular flexibility index (Phi) is 6.57. The first-order valence-corrected chi connectivity index (χ1v) is 9.26. The molecule has 9 heteroatoms. The molecule has 0 unspecified atom stereocenters. The van der Waals surface area contributed by atoms with E-state index in [1.165, 1.54) is 50.6 Å². The molecule has 0 spiro atoms. The minimum Gasteiger partial charge on any atom is -0.494 e. The van der Waals surface area contributed by atoms with Gasteiger partial charge >= 0.3 is 5.97 Å². The molecule has 0 aliphatic rings. The number of carbonyl (C=O) groups excluding carboxylic acids is 1. The lowest BCUT2D eigenvalue weighted by molar-refractivity contribution is -0.144. The van der Waals surface area contributed by atoms with Crippen LogP contribution in [0.15, 0.2) is 47.4 Å². The highest BCUT2D eigenvalue weighted by Gasteiger charge is 2.23. The lowest BCUT2D eigenvalue weighted by atomic mass is 10.2. The van der Waals surface area contributed by atoms with Crippen molar-refractivity contribution in [1.82, 2.24) is 4.31 Å². The van der Waals surface area contributed by atoms with Gasteiger partial charge in [-0.3, -0.25) is 4.79 Å². The van der Waals surface area contributed by atoms with Crippen molar-refractivity contribution in [2.24, 2.45) is 0 Å². The summed E-state index contributed by atoms with van der Waals surface area (Å²) >= 11 is 5.74. The van der Waals surface area contributed by atoms with Crippen molar-refractivity contribution in [3.63, 3.8) is 0 Å². The number of rotatable bonds is 7. The van der Waals surface area contributed by atoms with Gasteiger partial charge < -0.3 is 9.47 Å². The lowest BCUT2D eigenvalue weighted by Crippen LogP contribution is -2.33. The fourth-order valence-electron chi connectivity index (χ4n) is 2.06. The van der Waals surface area contributed by atoms with Crippen LogP contribution in [-0.4, -0.2) is 39.4 Å². The van der Waals surface area contributed by atoms with Crippen molar-refractivity contribution in [2.45, 2.75) is 11.5 Å². The Morgan fingerprint density at radius 3 is 2.42 bits per heavy atom. The molecular weight excluding hydrogens is 385 g/mol. The predicted molar refractivity (Wildman–Crippen MR) is 94.0 cm³/mol. The van der Waals surface area contributed by atoms with E-state index < -0.39 is 28.4 Å². The Morgan fingerprint density at radius 1 is 1.19 bits per heavy atom. The zero-order valence-electron chi connectivity index (χ0n) is 14.1. The number of carbonyl (C=O) groups is 1. The summed E-state index contributed by atoms with van der Waals surface area (Å²) in [6.07, 6.45) is 0. The maximum atomic E-state index is 13.6. The highest BCUT2D eigenvalue weighted by atomic mass is 35.5. The van der Waals surface area contributed by atoms with Crippen LogP contribution in [-0.2, 0) is 26.2 Å². The van der Waals surface area contributed by atoms with Crippen molar-refractivity contribution >= 4 is 27.6 Å². The molecule has 0 amide bonds. The maximum absolute atomic E-state index is 13.6. The van der Waals surface area contributed by atoms with E-state index in [4.69, 9.17) is 21.1 Å². The third-order valence-corrected chi connectivity index (χ3v) is 5.56. The number of hydrogen-bond acceptors (Lipinski definition) is 5. The van der Waals surface area contributed by atoms with Gasteiger partial charge in [-0.15, -0.1) is 0 Å². The molecule has 0 radical (unpaired) electrons. The van der Waals surface area contributed by atoms with Crippen LogP contribution in [0.4, 0.5) is 4.39 Å². The molecule has 6 nitrogen and oxygen atoms in total. The highest BCUT2D eigenvalue weighted by molar-refractivity contribution is 7.89. The summed E-state index contributed by atoms with van der Waals surface area (Å²) in [4.78, 5) is 11.9. The summed E-state index contributed by atoms with van der Waals surface area (Å²) in [5.74, 6) is -1.27. The van der Waals surface area contributed by atoms with E-state index in [0.29, 0.717) is 10.6 Å². The molecule has 26 heavy (non-hydrogen) atoms. The third-order valence-electron chi connectivity index (χ3n) is 3.49. The summed E-state index contributed by atoms with van der Waals surface area (Å²) in [6, 6.07) is 9.72. The van der Waals surface area contributed by atoms with Crippen molar-refractivity contribution in [3.05, 3.63) is 58.9 Å². The van der Waals surface area contributed by atoms with Gasteiger partial charge in [-0.1, -0.05) is 17.7 Å². The molecule has 0 aromatic heterocycles. The number of sulfonamides is 1. The third kappa shape index (κ3) is 4.94. The van der Waals surface area contributed by atoms with E-state index in [1.807, 2.05) is 0 Å². The first-order valence-electron chi connectivity index (χ1n) is 7.44. The number of methoxy groups -OCH3 is 1. The molecule has 140 valence electrons. The van der Waals surface area contributed by atoms with E-state index in [-0.39, 0.29) is 17.3 Å². The Morgan fingerprint density at radius 2 is 1.85 bits per heavy atom. The van der Waals surface area contributed by atoms with E-state index in [2.05, 4.69) is 0 Å². The molecule has 0 heterocycles. The minimum absolute atomic E-state index is 0.00873. The lowest BCUT2D eigenvalue weighted by Gasteiger charge is -2.16. The molecule has 2 rings (SSSR count). The Bertz CT molecular complexity index is 887. The smallest absolute Gasteiger partial charge is 0.321 e. The fraction of sp³-hybridized carbons (Fsp3) is 0.235. The zero-order valence-corrected chi connectivity index (χ0v) is 15.7. The van der Waals surface area contributed by atoms with Crippen LogP contribution in [0.3, 0.4) is 0 Å². The van der Waals surface area contributed by atoms with Gasteiger partial charge in [0.25, 0.3) is 0 Å². The van der Waals surface area contributed by atoms with Crippen LogP contribution in [0.1, 0.15) is 5.56 Å². The topological polar surface area (TPSA) is 72.9 Å². The summed E-state index contributed by atoms with van der Waals surface area (Å²) < 4.78 is 49.0. The molecule has 0 saturated heterocycles. The Hall–Kier alpha value is -2.16. The molecule has 0 saturated carbocycles. The van der Waals surface area contributed by atoms with Gasteiger partial charge in [-0.05, 0) is 42.0 Å². The average molecular weight is 402 g/mol. The van der Waals surface area contributed by atoms with Crippen LogP contribution in [0.25, 0.3) is 0 Å². The molecular formula is C17H17ClFNO5S. The van der Waals surface area contributed by atoms with E-state index >= 15 is 0 Å². The van der Waals surface area contributed by atoms with Gasteiger partial charge in [0, 0.05) is 12.1 Å². The highest BCUT2D eigenvalue weighted by Crippen LogP contribution is 2.19. The number of ether oxygens (including phenoxy) is 2. The summed E-state index contributed by atoms with van der Waals surface area (Å²) in [6.45, 7) is -0.668. The van der Waals surface area contributed by atoms with E-state index in [9.17, 15) is 17.6 Å². The van der Waals surface area contributed by atoms with Gasteiger partial charge in [0.15, 0.2) is 11.6 Å². The van der Waals surface area contributed by atoms with Crippen LogP contribution < -0.4 is 4.74 Å². The summed E-state index contributed by atoms with van der Waals surface area (Å²) in [7, 11) is -1.25. The second-order valence-corrected chi connectivity index (χ2v) is 7.83. The van der Waals surface area contributed by atoms with Crippen LogP contribution in [0, 0.1) is 5.82 Å². The molecule has 2 aromatic rings. The van der Waals surface area contributed by atoms with Crippen molar-refractivity contribution in [1.29, 1.82) is 0 Å². The standard InChI is InChI=1S/C17H17ClFNO5S/c1-20(26(22,23)14-6-4-13(18)5-7-14)10-17(21)25-11-12-3-8-16(24-2)15(19)9-12/h3-9H,10-11H2,1-2H3. The van der Waals surface area contributed by atoms with Gasteiger partial charge in [-0.25, -0.2) is 12.8 Å². The minimum atomic E-state index is -3.85. The first kappa shape index (κ1) is 20.2. The predicted octanol–water partition coefficient (Wildman–Crippen LogP) is 2.85. The van der Waals surface area contributed by atoms with Gasteiger partial charge in [-0.2, -0.15) is 4.31 Å². The molecule has 0 fully saturated rings. The average Bonchev–Trinajstić information content (AvgIpc) is 2.60. The van der Waals surface area contributed by atoms with Crippen molar-refractivity contribution in [3.8, 4) is 5.75 Å². The second-order valence-electron chi connectivity index (χ2n) is 5.34. The molecule has 2 aromatic carbocycles. The molecule has 0 bridgehead atoms. The van der Waals surface area contributed by atoms with Crippen LogP contribution >= 0.6 is 11.6 Å². The number of esters is 1. The normalized spacial score (nSPS) is 11.4. The Labute approximate surface area is 156 Å². The molecule has 0 N–H and O–H groups in total. The first-order chi connectivity index (χ1) is 12.2. The maximum Gasteiger partial charge on any atom is 0.321 e. The number of likely N-dealkylation sites (N-methyl/N-ethyl adjacent to an activating group) is 1. The molecule has 0 aliphatic heterocycles. The SMILES string of the molecule is COc1ccc(COC(=O)CN(C)S(=O)(=O)c2ccc(Cl)cc2)cc1F. The number of hydrogen-bond donors (Lipinski definition) is 0. The summed E-state index contributed by atoms with van der Waals surface area (Å²) in [5, 5.41) is 0.401. The van der Waals surface area contributed by atoms with Crippen LogP contribution in [0.5, 0.6) is 5.75 Å². The number of halogens is 2. The van der Waals surface area contributed by atoms with Gasteiger partial charge in [0.05, 0.1) is 12.0 Å². The van der Waals surface area contributed by atoms with Crippen molar-refractivity contribution < 1.29 is 27.1 Å². The summed E-state index contributed by atoms with van der Waals surface area (Å²) in [5.41, 5.74) is 0.417. The molecule has 0 aliphatic carbocycles. The van der Waals surface area contributed by atoms with Crippen LogP contribution in [0.2, 0.25) is 5.02 Å². The molecule has 0 atom stereocenters. The number of benzene rings is 2. The number of nitrogens with zero attached hydrogens (tertiary/aromatic N) is 1. The van der Waals surface area contributed by atoms with E-state index in [0.717, 1.165) is 4.31 Å². The van der Waals surface area contributed by atoms with Crippen molar-refractivity contribution in [2.75, 3.05) is 20.7 Å². The fourth-order valence-corrected chi connectivity index (χ4v) is 3.30. The Balaban J connectivity index is 1.96. The second kappa shape index (κ2) is 8.48. The largest absolute Gasteiger partial charge is 0.494 e.